The number of amides is 1. The van der Waals surface area contributed by atoms with Crippen LogP contribution in [0.25, 0.3) is 0 Å². The average molecular weight is 326 g/mol. The molecule has 0 saturated carbocycles. The second-order valence-electron chi connectivity index (χ2n) is 5.90. The Balaban J connectivity index is 1.75. The number of hydrogen-bond acceptors (Lipinski definition) is 4. The Labute approximate surface area is 142 Å². The van der Waals surface area contributed by atoms with Crippen molar-refractivity contribution in [3.05, 3.63) is 48.0 Å². The minimum absolute atomic E-state index is 0.0392. The Morgan fingerprint density at radius 2 is 2.08 bits per heavy atom. The molecule has 0 aliphatic carbocycles. The van der Waals surface area contributed by atoms with Crippen molar-refractivity contribution >= 4 is 17.3 Å². The summed E-state index contributed by atoms with van der Waals surface area (Å²) in [5.41, 5.74) is 8.33. The highest BCUT2D eigenvalue weighted by molar-refractivity contribution is 6.00. The van der Waals surface area contributed by atoms with Crippen LogP contribution in [-0.4, -0.2) is 25.2 Å². The highest BCUT2D eigenvalue weighted by atomic mass is 16.5. The molecule has 0 fully saturated rings. The van der Waals surface area contributed by atoms with E-state index in [4.69, 9.17) is 15.2 Å². The molecule has 2 N–H and O–H groups in total. The molecule has 0 radical (unpaired) electrons. The van der Waals surface area contributed by atoms with E-state index in [0.29, 0.717) is 31.0 Å². The van der Waals surface area contributed by atoms with Gasteiger partial charge in [-0.3, -0.25) is 4.79 Å². The molecule has 2 aromatic carbocycles. The Bertz CT molecular complexity index is 745. The fraction of sp³-hybridized carbons (Fsp3) is 0.316. The van der Waals surface area contributed by atoms with Gasteiger partial charge in [0.25, 0.3) is 5.91 Å². The van der Waals surface area contributed by atoms with Crippen LogP contribution in [-0.2, 0) is 4.79 Å². The zero-order valence-corrected chi connectivity index (χ0v) is 14.0. The van der Waals surface area contributed by atoms with E-state index in [0.717, 1.165) is 17.0 Å². The van der Waals surface area contributed by atoms with Gasteiger partial charge < -0.3 is 20.1 Å². The molecule has 3 rings (SSSR count). The number of benzene rings is 2. The summed E-state index contributed by atoms with van der Waals surface area (Å²) in [6.45, 7) is 4.82. The number of carbonyl (C=O) groups excluding carboxylic acids is 1. The molecular weight excluding hydrogens is 304 g/mol. The summed E-state index contributed by atoms with van der Waals surface area (Å²) in [4.78, 5) is 14.3. The number of hydrogen-bond donors (Lipinski definition) is 1. The van der Waals surface area contributed by atoms with Gasteiger partial charge in [0, 0.05) is 11.8 Å². The van der Waals surface area contributed by atoms with Gasteiger partial charge in [-0.2, -0.15) is 0 Å². The lowest BCUT2D eigenvalue weighted by atomic mass is 10.1. The van der Waals surface area contributed by atoms with Crippen molar-refractivity contribution in [2.75, 3.05) is 23.8 Å². The number of anilines is 2. The summed E-state index contributed by atoms with van der Waals surface area (Å²) in [7, 11) is 0. The van der Waals surface area contributed by atoms with Crippen molar-refractivity contribution in [3.63, 3.8) is 0 Å². The molecule has 24 heavy (non-hydrogen) atoms. The van der Waals surface area contributed by atoms with Crippen molar-refractivity contribution in [1.29, 1.82) is 0 Å². The first-order chi connectivity index (χ1) is 11.6. The lowest BCUT2D eigenvalue weighted by molar-refractivity contribution is -0.126. The van der Waals surface area contributed by atoms with E-state index in [1.165, 1.54) is 0 Å². The maximum atomic E-state index is 12.6. The monoisotopic (exact) mass is 326 g/mol. The van der Waals surface area contributed by atoms with Crippen molar-refractivity contribution in [1.82, 2.24) is 0 Å². The van der Waals surface area contributed by atoms with Crippen LogP contribution < -0.4 is 20.1 Å². The minimum Gasteiger partial charge on any atom is -0.492 e. The minimum atomic E-state index is -0.474. The van der Waals surface area contributed by atoms with E-state index in [2.05, 4.69) is 0 Å². The van der Waals surface area contributed by atoms with Gasteiger partial charge in [-0.05, 0) is 43.2 Å². The summed E-state index contributed by atoms with van der Waals surface area (Å²) >= 11 is 0. The van der Waals surface area contributed by atoms with E-state index >= 15 is 0 Å². The Morgan fingerprint density at radius 1 is 1.25 bits per heavy atom. The van der Waals surface area contributed by atoms with Gasteiger partial charge in [-0.1, -0.05) is 19.1 Å². The summed E-state index contributed by atoms with van der Waals surface area (Å²) in [6.07, 6.45) is 0.140. The lowest BCUT2D eigenvalue weighted by Crippen LogP contribution is -2.47. The van der Waals surface area contributed by atoms with E-state index in [9.17, 15) is 4.79 Å². The SMILES string of the molecule is CCC1Oc2cc(N)ccc2N(CCOc2cccc(C)c2)C1=O. The van der Waals surface area contributed by atoms with Crippen LogP contribution in [0.4, 0.5) is 11.4 Å². The molecular formula is C19H22N2O3. The molecule has 1 unspecified atom stereocenters. The molecule has 126 valence electrons. The van der Waals surface area contributed by atoms with Crippen LogP contribution in [0, 0.1) is 6.92 Å². The summed E-state index contributed by atoms with van der Waals surface area (Å²) in [6, 6.07) is 13.2. The third-order valence-corrected chi connectivity index (χ3v) is 4.03. The zero-order chi connectivity index (χ0) is 17.1. The summed E-state index contributed by atoms with van der Waals surface area (Å²) < 4.78 is 11.6. The number of nitrogens with zero attached hydrogens (tertiary/aromatic N) is 1. The van der Waals surface area contributed by atoms with Gasteiger partial charge in [0.15, 0.2) is 6.10 Å². The highest BCUT2D eigenvalue weighted by Crippen LogP contribution is 2.36. The quantitative estimate of drug-likeness (QED) is 0.857. The first kappa shape index (κ1) is 16.2. The molecule has 0 aromatic heterocycles. The Hall–Kier alpha value is -2.69. The topological polar surface area (TPSA) is 64.8 Å². The smallest absolute Gasteiger partial charge is 0.268 e. The number of carbonyl (C=O) groups is 1. The fourth-order valence-electron chi connectivity index (χ4n) is 2.79. The molecule has 5 nitrogen and oxygen atoms in total. The van der Waals surface area contributed by atoms with Crippen molar-refractivity contribution < 1.29 is 14.3 Å². The molecule has 0 spiro atoms. The third-order valence-electron chi connectivity index (χ3n) is 4.03. The second-order valence-corrected chi connectivity index (χ2v) is 5.90. The fourth-order valence-corrected chi connectivity index (χ4v) is 2.79. The number of aryl methyl sites for hydroxylation is 1. The first-order valence-corrected chi connectivity index (χ1v) is 8.15. The van der Waals surface area contributed by atoms with Gasteiger partial charge in [0.1, 0.15) is 18.1 Å². The number of ether oxygens (including phenoxy) is 2. The lowest BCUT2D eigenvalue weighted by Gasteiger charge is -2.34. The van der Waals surface area contributed by atoms with Crippen LogP contribution in [0.3, 0.4) is 0 Å². The standard InChI is InChI=1S/C19H22N2O3/c1-3-17-19(22)21(16-8-7-14(20)12-18(16)24-17)9-10-23-15-6-4-5-13(2)11-15/h4-8,11-12,17H,3,9-10,20H2,1-2H3. The molecule has 1 aliphatic rings. The van der Waals surface area contributed by atoms with Crippen molar-refractivity contribution in [2.45, 2.75) is 26.4 Å². The van der Waals surface area contributed by atoms with E-state index in [-0.39, 0.29) is 5.91 Å². The van der Waals surface area contributed by atoms with Crippen LogP contribution in [0.2, 0.25) is 0 Å². The molecule has 0 bridgehead atoms. The normalized spacial score (nSPS) is 16.5. The third kappa shape index (κ3) is 3.30. The van der Waals surface area contributed by atoms with Crippen LogP contribution in [0.15, 0.2) is 42.5 Å². The van der Waals surface area contributed by atoms with Crippen LogP contribution in [0.1, 0.15) is 18.9 Å². The van der Waals surface area contributed by atoms with E-state index in [1.807, 2.05) is 44.2 Å². The van der Waals surface area contributed by atoms with Crippen molar-refractivity contribution in [2.24, 2.45) is 0 Å². The zero-order valence-electron chi connectivity index (χ0n) is 14.0. The number of fused-ring (bicyclic) bond motifs is 1. The van der Waals surface area contributed by atoms with Crippen LogP contribution in [0.5, 0.6) is 11.5 Å². The molecule has 5 heteroatoms. The van der Waals surface area contributed by atoms with E-state index in [1.54, 1.807) is 17.0 Å². The van der Waals surface area contributed by atoms with Gasteiger partial charge in [-0.15, -0.1) is 0 Å². The average Bonchev–Trinajstić information content (AvgIpc) is 2.56. The molecule has 1 heterocycles. The van der Waals surface area contributed by atoms with Gasteiger partial charge >= 0.3 is 0 Å². The first-order valence-electron chi connectivity index (χ1n) is 8.15. The number of rotatable bonds is 5. The van der Waals surface area contributed by atoms with E-state index < -0.39 is 6.10 Å². The molecule has 1 amide bonds. The van der Waals surface area contributed by atoms with Gasteiger partial charge in [0.2, 0.25) is 0 Å². The van der Waals surface area contributed by atoms with Gasteiger partial charge in [0.05, 0.1) is 12.2 Å². The maximum absolute atomic E-state index is 12.6. The van der Waals surface area contributed by atoms with Gasteiger partial charge in [-0.25, -0.2) is 0 Å². The highest BCUT2D eigenvalue weighted by Gasteiger charge is 2.33. The Kier molecular flexibility index (Phi) is 4.60. The Morgan fingerprint density at radius 3 is 2.83 bits per heavy atom. The predicted octanol–water partition coefficient (Wildman–Crippen LogP) is 3.16. The number of nitrogens with two attached hydrogens (primary N) is 1. The molecule has 1 atom stereocenters. The summed E-state index contributed by atoms with van der Waals surface area (Å²) in [5.74, 6) is 1.42. The number of nitrogen functional groups attached to an aromatic ring is 1. The summed E-state index contributed by atoms with van der Waals surface area (Å²) in [5, 5.41) is 0. The molecule has 0 saturated heterocycles. The maximum Gasteiger partial charge on any atom is 0.268 e. The largest absolute Gasteiger partial charge is 0.492 e. The van der Waals surface area contributed by atoms with Crippen LogP contribution >= 0.6 is 0 Å². The molecule has 2 aromatic rings. The second kappa shape index (κ2) is 6.83. The predicted molar refractivity (Wildman–Crippen MR) is 94.6 cm³/mol. The molecule has 1 aliphatic heterocycles. The van der Waals surface area contributed by atoms with Crippen molar-refractivity contribution in [3.8, 4) is 11.5 Å².